The Morgan fingerprint density at radius 1 is 1.12 bits per heavy atom. The smallest absolute Gasteiger partial charge is 0.408 e. The number of nitrogens with zero attached hydrogens (tertiary/aromatic N) is 3. The van der Waals surface area contributed by atoms with Crippen LogP contribution in [0.25, 0.3) is 11.3 Å². The Balaban J connectivity index is 1.67. The topological polar surface area (TPSA) is 109 Å². The summed E-state index contributed by atoms with van der Waals surface area (Å²) in [5.41, 5.74) is 3.12. The molecular weight excluding hydrogens is 406 g/mol. The molecule has 0 spiro atoms. The second kappa shape index (κ2) is 10.4. The lowest BCUT2D eigenvalue weighted by Crippen LogP contribution is -2.32. The van der Waals surface area contributed by atoms with Crippen LogP contribution >= 0.6 is 0 Å². The molecule has 0 saturated carbocycles. The molecule has 8 heteroatoms. The molecular formula is C24H25N5O3. The maximum Gasteiger partial charge on any atom is 0.408 e. The van der Waals surface area contributed by atoms with Gasteiger partial charge in [-0.05, 0) is 62.6 Å². The SMILES string of the molecule is CC(C)(C)OC(=O)NCC#Cc1cc(-c2ccnc(Nc3cccc(CO)c3)n2)ccn1. The van der Waals surface area contributed by atoms with Gasteiger partial charge in [0.15, 0.2) is 0 Å². The van der Waals surface area contributed by atoms with E-state index >= 15 is 0 Å². The lowest BCUT2D eigenvalue weighted by Gasteiger charge is -2.18. The summed E-state index contributed by atoms with van der Waals surface area (Å²) in [5, 5.41) is 15.0. The lowest BCUT2D eigenvalue weighted by atomic mass is 10.1. The van der Waals surface area contributed by atoms with E-state index in [9.17, 15) is 9.90 Å². The standard InChI is InChI=1S/C24H25N5O3/c1-24(2,3)32-23(31)27-11-5-8-19-15-18(9-12-25-19)21-10-13-26-22(29-21)28-20-7-4-6-17(14-20)16-30/h4,6-7,9-10,12-15,30H,11,16H2,1-3H3,(H,27,31)(H,26,28,29). The molecule has 3 rings (SSSR count). The van der Waals surface area contributed by atoms with Crippen molar-refractivity contribution in [2.24, 2.45) is 0 Å². The number of hydrogen-bond acceptors (Lipinski definition) is 7. The van der Waals surface area contributed by atoms with Crippen LogP contribution in [0.3, 0.4) is 0 Å². The normalized spacial score (nSPS) is 10.6. The van der Waals surface area contributed by atoms with E-state index in [1.807, 2.05) is 36.4 Å². The molecule has 0 radical (unpaired) electrons. The second-order valence-electron chi connectivity index (χ2n) is 7.84. The Morgan fingerprint density at radius 3 is 2.72 bits per heavy atom. The van der Waals surface area contributed by atoms with Gasteiger partial charge in [0, 0.05) is 23.6 Å². The molecule has 0 aliphatic rings. The summed E-state index contributed by atoms with van der Waals surface area (Å²) in [5.74, 6) is 6.22. The van der Waals surface area contributed by atoms with E-state index < -0.39 is 11.7 Å². The Hall–Kier alpha value is -3.96. The van der Waals surface area contributed by atoms with Crippen LogP contribution in [0.5, 0.6) is 0 Å². The van der Waals surface area contributed by atoms with Crippen molar-refractivity contribution in [1.82, 2.24) is 20.3 Å². The third kappa shape index (κ3) is 7.07. The number of anilines is 2. The van der Waals surface area contributed by atoms with Crippen molar-refractivity contribution in [3.8, 4) is 23.1 Å². The molecule has 2 aromatic heterocycles. The first kappa shape index (κ1) is 22.7. The molecule has 1 amide bonds. The van der Waals surface area contributed by atoms with Crippen LogP contribution in [-0.2, 0) is 11.3 Å². The minimum absolute atomic E-state index is 0.0372. The highest BCUT2D eigenvalue weighted by molar-refractivity contribution is 5.68. The van der Waals surface area contributed by atoms with Crippen molar-refractivity contribution in [2.45, 2.75) is 33.0 Å². The van der Waals surface area contributed by atoms with Gasteiger partial charge in [-0.3, -0.25) is 0 Å². The predicted octanol–water partition coefficient (Wildman–Crippen LogP) is 3.65. The quantitative estimate of drug-likeness (QED) is 0.529. The summed E-state index contributed by atoms with van der Waals surface area (Å²) < 4.78 is 5.17. The van der Waals surface area contributed by atoms with Crippen LogP contribution < -0.4 is 10.6 Å². The molecule has 0 saturated heterocycles. The number of nitrogens with one attached hydrogen (secondary N) is 2. The minimum Gasteiger partial charge on any atom is -0.444 e. The zero-order valence-electron chi connectivity index (χ0n) is 18.2. The van der Waals surface area contributed by atoms with Gasteiger partial charge in [-0.15, -0.1) is 0 Å². The number of benzene rings is 1. The molecule has 8 nitrogen and oxygen atoms in total. The highest BCUT2D eigenvalue weighted by Gasteiger charge is 2.15. The number of hydrogen-bond donors (Lipinski definition) is 3. The number of carbonyl (C=O) groups excluding carboxylic acids is 1. The average Bonchev–Trinajstić information content (AvgIpc) is 2.76. The third-order valence-electron chi connectivity index (χ3n) is 4.01. The van der Waals surface area contributed by atoms with Crippen molar-refractivity contribution in [1.29, 1.82) is 0 Å². The van der Waals surface area contributed by atoms with Gasteiger partial charge >= 0.3 is 6.09 Å². The van der Waals surface area contributed by atoms with Crippen molar-refractivity contribution < 1.29 is 14.6 Å². The largest absolute Gasteiger partial charge is 0.444 e. The number of rotatable bonds is 5. The zero-order valence-corrected chi connectivity index (χ0v) is 18.2. The van der Waals surface area contributed by atoms with Gasteiger partial charge in [0.25, 0.3) is 0 Å². The number of carbonyl (C=O) groups is 1. The first-order chi connectivity index (χ1) is 15.3. The maximum atomic E-state index is 11.7. The van der Waals surface area contributed by atoms with Crippen molar-refractivity contribution in [3.63, 3.8) is 0 Å². The fraction of sp³-hybridized carbons (Fsp3) is 0.250. The molecule has 3 N–H and O–H groups in total. The lowest BCUT2D eigenvalue weighted by molar-refractivity contribution is 0.0535. The maximum absolute atomic E-state index is 11.7. The monoisotopic (exact) mass is 431 g/mol. The van der Waals surface area contributed by atoms with Crippen LogP contribution in [-0.4, -0.2) is 38.3 Å². The van der Waals surface area contributed by atoms with Gasteiger partial charge in [-0.25, -0.2) is 19.7 Å². The number of aliphatic hydroxyl groups is 1. The Bertz CT molecular complexity index is 1150. The van der Waals surface area contributed by atoms with Crippen LogP contribution in [0.2, 0.25) is 0 Å². The summed E-state index contributed by atoms with van der Waals surface area (Å²) in [7, 11) is 0. The third-order valence-corrected chi connectivity index (χ3v) is 4.01. The molecule has 0 unspecified atom stereocenters. The molecule has 2 heterocycles. The minimum atomic E-state index is -0.555. The van der Waals surface area contributed by atoms with Gasteiger partial charge < -0.3 is 20.5 Å². The number of ether oxygens (including phenoxy) is 1. The number of aliphatic hydroxyl groups excluding tert-OH is 1. The Labute approximate surface area is 187 Å². The highest BCUT2D eigenvalue weighted by Crippen LogP contribution is 2.20. The first-order valence-corrected chi connectivity index (χ1v) is 10.0. The van der Waals surface area contributed by atoms with Crippen LogP contribution in [0.15, 0.2) is 54.9 Å². The van der Waals surface area contributed by atoms with Gasteiger partial charge in [0.2, 0.25) is 5.95 Å². The summed E-state index contributed by atoms with van der Waals surface area (Å²) in [6, 6.07) is 12.9. The van der Waals surface area contributed by atoms with Gasteiger partial charge in [0.05, 0.1) is 18.8 Å². The van der Waals surface area contributed by atoms with E-state index in [-0.39, 0.29) is 13.2 Å². The summed E-state index contributed by atoms with van der Waals surface area (Å²) in [4.78, 5) is 24.7. The molecule has 164 valence electrons. The number of pyridine rings is 1. The fourth-order valence-corrected chi connectivity index (χ4v) is 2.68. The molecule has 1 aromatic carbocycles. The molecule has 3 aromatic rings. The Kier molecular flexibility index (Phi) is 7.37. The molecule has 32 heavy (non-hydrogen) atoms. The van der Waals surface area contributed by atoms with E-state index in [2.05, 4.69) is 37.4 Å². The molecule has 0 fully saturated rings. The number of aromatic nitrogens is 3. The van der Waals surface area contributed by atoms with Crippen LogP contribution in [0.4, 0.5) is 16.4 Å². The Morgan fingerprint density at radius 2 is 1.94 bits per heavy atom. The van der Waals surface area contributed by atoms with E-state index in [4.69, 9.17) is 4.74 Å². The van der Waals surface area contributed by atoms with Crippen molar-refractivity contribution in [2.75, 3.05) is 11.9 Å². The summed E-state index contributed by atoms with van der Waals surface area (Å²) in [6.45, 7) is 5.51. The number of alkyl carbamates (subject to hydrolysis) is 1. The van der Waals surface area contributed by atoms with Crippen LogP contribution in [0.1, 0.15) is 32.0 Å². The zero-order chi connectivity index (χ0) is 23.0. The number of amides is 1. The molecule has 0 aliphatic heterocycles. The van der Waals surface area contributed by atoms with E-state index in [0.29, 0.717) is 17.3 Å². The van der Waals surface area contributed by atoms with Crippen molar-refractivity contribution in [3.05, 3.63) is 66.1 Å². The van der Waals surface area contributed by atoms with Gasteiger partial charge in [-0.1, -0.05) is 18.1 Å². The van der Waals surface area contributed by atoms with E-state index in [1.165, 1.54) is 0 Å². The average molecular weight is 431 g/mol. The second-order valence-corrected chi connectivity index (χ2v) is 7.84. The van der Waals surface area contributed by atoms with Crippen molar-refractivity contribution >= 4 is 17.7 Å². The van der Waals surface area contributed by atoms with Gasteiger partial charge in [-0.2, -0.15) is 0 Å². The summed E-state index contributed by atoms with van der Waals surface area (Å²) in [6.07, 6.45) is 2.80. The highest BCUT2D eigenvalue weighted by atomic mass is 16.6. The predicted molar refractivity (Wildman–Crippen MR) is 122 cm³/mol. The van der Waals surface area contributed by atoms with E-state index in [0.717, 1.165) is 16.8 Å². The molecule has 0 atom stereocenters. The molecule has 0 aliphatic carbocycles. The van der Waals surface area contributed by atoms with Gasteiger partial charge in [0.1, 0.15) is 11.3 Å². The van der Waals surface area contributed by atoms with Crippen LogP contribution in [0, 0.1) is 11.8 Å². The first-order valence-electron chi connectivity index (χ1n) is 10.0. The summed E-state index contributed by atoms with van der Waals surface area (Å²) >= 11 is 0. The van der Waals surface area contributed by atoms with E-state index in [1.54, 1.807) is 39.2 Å². The molecule has 0 bridgehead atoms. The fourth-order valence-electron chi connectivity index (χ4n) is 2.68.